The lowest BCUT2D eigenvalue weighted by atomic mass is 9.70. The summed E-state index contributed by atoms with van der Waals surface area (Å²) < 4.78 is 0. The van der Waals surface area contributed by atoms with Crippen LogP contribution in [0.2, 0.25) is 0 Å². The number of allylic oxidation sites excluding steroid dienone is 3. The lowest BCUT2D eigenvalue weighted by Gasteiger charge is -2.32. The van der Waals surface area contributed by atoms with Crippen molar-refractivity contribution in [2.45, 2.75) is 102 Å². The van der Waals surface area contributed by atoms with Crippen LogP contribution in [0, 0.1) is 0 Å². The highest BCUT2D eigenvalue weighted by Crippen LogP contribution is 2.63. The fraction of sp³-hybridized carbons (Fsp3) is 0.222. The molecule has 0 heterocycles. The molecular formula is C72H65N. The number of nitrogens with zero attached hydrogens (tertiary/aromatic N) is 1. The monoisotopic (exact) mass is 944 g/mol. The molecule has 0 aromatic heterocycles. The van der Waals surface area contributed by atoms with Crippen LogP contribution in [-0.4, -0.2) is 0 Å². The van der Waals surface area contributed by atoms with Crippen molar-refractivity contribution in [2.24, 2.45) is 0 Å². The highest BCUT2D eigenvalue weighted by molar-refractivity contribution is 5.97. The molecule has 0 N–H and O–H groups in total. The molecule has 1 nitrogen and oxygen atoms in total. The lowest BCUT2D eigenvalue weighted by molar-refractivity contribution is 0.602. The van der Waals surface area contributed by atoms with Gasteiger partial charge in [0.2, 0.25) is 0 Å². The summed E-state index contributed by atoms with van der Waals surface area (Å²) in [6.45, 7) is 0. The van der Waals surface area contributed by atoms with Gasteiger partial charge in [-0.2, -0.15) is 0 Å². The van der Waals surface area contributed by atoms with Crippen molar-refractivity contribution in [1.82, 2.24) is 0 Å². The van der Waals surface area contributed by atoms with Crippen LogP contribution in [0.15, 0.2) is 205 Å². The number of fused-ring (bicyclic) bond motifs is 10. The maximum absolute atomic E-state index is 2.51. The predicted octanol–water partition coefficient (Wildman–Crippen LogP) is 20.1. The Morgan fingerprint density at radius 2 is 0.658 bits per heavy atom. The van der Waals surface area contributed by atoms with Crippen molar-refractivity contribution >= 4 is 46.9 Å². The fourth-order valence-electron chi connectivity index (χ4n) is 13.3. The van der Waals surface area contributed by atoms with Crippen molar-refractivity contribution in [3.8, 4) is 22.3 Å². The zero-order chi connectivity index (χ0) is 48.6. The fourth-order valence-corrected chi connectivity index (χ4v) is 13.3. The van der Waals surface area contributed by atoms with Crippen LogP contribution in [0.5, 0.6) is 0 Å². The Morgan fingerprint density at radius 3 is 1.07 bits per heavy atom. The van der Waals surface area contributed by atoms with Gasteiger partial charge in [0.25, 0.3) is 0 Å². The normalized spacial score (nSPS) is 16.2. The zero-order valence-corrected chi connectivity index (χ0v) is 42.3. The van der Waals surface area contributed by atoms with Gasteiger partial charge in [-0.25, -0.2) is 0 Å². The van der Waals surface area contributed by atoms with E-state index in [0.717, 1.165) is 17.1 Å². The van der Waals surface area contributed by atoms with Crippen LogP contribution in [-0.2, 0) is 5.41 Å². The first kappa shape index (κ1) is 45.4. The second-order valence-electron chi connectivity index (χ2n) is 21.5. The Morgan fingerprint density at radius 1 is 0.315 bits per heavy atom. The Kier molecular flexibility index (Phi) is 12.3. The molecule has 0 amide bonds. The van der Waals surface area contributed by atoms with Crippen molar-refractivity contribution in [3.05, 3.63) is 260 Å². The highest BCUT2D eigenvalue weighted by atomic mass is 15.1. The average Bonchev–Trinajstić information content (AvgIpc) is 3.94. The summed E-state index contributed by atoms with van der Waals surface area (Å²) in [5, 5.41) is 0. The molecule has 13 rings (SSSR count). The number of benzene rings is 8. The van der Waals surface area contributed by atoms with E-state index < -0.39 is 5.41 Å². The summed E-state index contributed by atoms with van der Waals surface area (Å²) in [4.78, 5) is 2.48. The number of rotatable bonds is 9. The van der Waals surface area contributed by atoms with E-state index in [0.29, 0.717) is 0 Å². The molecule has 1 spiro atoms. The first-order chi connectivity index (χ1) is 36.2. The predicted molar refractivity (Wildman–Crippen MR) is 310 cm³/mol. The molecular weight excluding hydrogens is 879 g/mol. The van der Waals surface area contributed by atoms with Crippen molar-refractivity contribution in [2.75, 3.05) is 4.90 Å². The standard InChI is InChI=1S/C72H65N/c1-4-16-51(17-5-1)46-54-28-36-58(37-29-54)67(59-38-30-55(31-39-59)47-52-18-6-2-7-19-52)49-57-34-42-61(43-35-57)73(60-40-32-56(33-41-60)48-53-20-8-3-9-21-53)62-44-45-66-65-24-12-15-27-70(65)72(71(66)50-62)68-25-13-10-22-63(68)64-23-11-14-26-69(64)72/h10-15,22-50H,1-9,16-21H2. The van der Waals surface area contributed by atoms with Crippen LogP contribution in [0.1, 0.15) is 152 Å². The third-order valence-corrected chi connectivity index (χ3v) is 16.9. The van der Waals surface area contributed by atoms with E-state index in [1.54, 1.807) is 16.7 Å². The highest BCUT2D eigenvalue weighted by Gasteiger charge is 2.51. The van der Waals surface area contributed by atoms with Gasteiger partial charge >= 0.3 is 0 Å². The Labute approximate surface area is 434 Å². The van der Waals surface area contributed by atoms with E-state index in [4.69, 9.17) is 0 Å². The molecule has 8 aromatic rings. The van der Waals surface area contributed by atoms with Crippen LogP contribution >= 0.6 is 0 Å². The minimum Gasteiger partial charge on any atom is -0.310 e. The molecule has 358 valence electrons. The molecule has 0 bridgehead atoms. The SMILES string of the molecule is C(=C1CCCCC1)c1ccc(C(=Cc2ccc(N(c3ccc(C=C4CCCCC4)cc3)c3ccc4c(c3)C3(c5ccccc5-c5ccccc53)c3ccccc3-4)cc2)c2ccc(C=C3CCCCC3)cc2)cc1. The van der Waals surface area contributed by atoms with Crippen LogP contribution in [0.25, 0.3) is 52.1 Å². The molecule has 5 aliphatic rings. The van der Waals surface area contributed by atoms with E-state index in [1.807, 2.05) is 0 Å². The molecule has 0 unspecified atom stereocenters. The molecule has 8 aromatic carbocycles. The van der Waals surface area contributed by atoms with Crippen LogP contribution < -0.4 is 4.90 Å². The van der Waals surface area contributed by atoms with Crippen molar-refractivity contribution < 1.29 is 0 Å². The van der Waals surface area contributed by atoms with Crippen LogP contribution in [0.3, 0.4) is 0 Å². The molecule has 73 heavy (non-hydrogen) atoms. The Hall–Kier alpha value is -7.48. The van der Waals surface area contributed by atoms with E-state index in [-0.39, 0.29) is 0 Å². The van der Waals surface area contributed by atoms with Gasteiger partial charge in [0.15, 0.2) is 0 Å². The molecule has 0 saturated heterocycles. The quantitative estimate of drug-likeness (QED) is 0.130. The first-order valence-electron chi connectivity index (χ1n) is 27.6. The van der Waals surface area contributed by atoms with Gasteiger partial charge in [-0.15, -0.1) is 0 Å². The van der Waals surface area contributed by atoms with E-state index in [2.05, 4.69) is 217 Å². The summed E-state index contributed by atoms with van der Waals surface area (Å²) in [6.07, 6.45) is 29.0. The third-order valence-electron chi connectivity index (χ3n) is 16.9. The third kappa shape index (κ3) is 8.67. The molecule has 1 heteroatoms. The van der Waals surface area contributed by atoms with Gasteiger partial charge in [0.05, 0.1) is 5.41 Å². The van der Waals surface area contributed by atoms with Crippen LogP contribution in [0.4, 0.5) is 17.1 Å². The minimum absolute atomic E-state index is 0.419. The topological polar surface area (TPSA) is 3.24 Å². The van der Waals surface area contributed by atoms with Gasteiger partial charge in [-0.05, 0) is 203 Å². The van der Waals surface area contributed by atoms with E-state index in [9.17, 15) is 0 Å². The van der Waals surface area contributed by atoms with Gasteiger partial charge in [-0.3, -0.25) is 0 Å². The molecule has 0 atom stereocenters. The maximum atomic E-state index is 2.51. The van der Waals surface area contributed by atoms with Gasteiger partial charge in [0, 0.05) is 17.1 Å². The number of anilines is 3. The molecule has 5 aliphatic carbocycles. The second-order valence-corrected chi connectivity index (χ2v) is 21.5. The van der Waals surface area contributed by atoms with Crippen molar-refractivity contribution in [1.29, 1.82) is 0 Å². The van der Waals surface area contributed by atoms with E-state index >= 15 is 0 Å². The van der Waals surface area contributed by atoms with Crippen molar-refractivity contribution in [3.63, 3.8) is 0 Å². The smallest absolute Gasteiger partial charge is 0.0726 e. The lowest BCUT2D eigenvalue weighted by Crippen LogP contribution is -2.26. The van der Waals surface area contributed by atoms with Gasteiger partial charge < -0.3 is 4.90 Å². The first-order valence-corrected chi connectivity index (χ1v) is 27.6. The summed E-state index contributed by atoms with van der Waals surface area (Å²) in [5.41, 5.74) is 27.3. The number of hydrogen-bond donors (Lipinski definition) is 0. The van der Waals surface area contributed by atoms with Gasteiger partial charge in [0.1, 0.15) is 0 Å². The molecule has 3 fully saturated rings. The summed E-state index contributed by atoms with van der Waals surface area (Å²) in [7, 11) is 0. The van der Waals surface area contributed by atoms with Gasteiger partial charge in [-0.1, -0.05) is 206 Å². The molecule has 3 saturated carbocycles. The zero-order valence-electron chi connectivity index (χ0n) is 42.3. The second kappa shape index (κ2) is 19.8. The molecule has 0 radical (unpaired) electrons. The Balaban J connectivity index is 0.912. The van der Waals surface area contributed by atoms with E-state index in [1.165, 1.54) is 180 Å². The summed E-state index contributed by atoms with van der Waals surface area (Å²) in [6, 6.07) is 71.9. The largest absolute Gasteiger partial charge is 0.310 e. The Bertz CT molecular complexity index is 3290. The minimum atomic E-state index is -0.419. The summed E-state index contributed by atoms with van der Waals surface area (Å²) >= 11 is 0. The molecule has 0 aliphatic heterocycles. The number of hydrogen-bond acceptors (Lipinski definition) is 1. The summed E-state index contributed by atoms with van der Waals surface area (Å²) in [5.74, 6) is 0. The maximum Gasteiger partial charge on any atom is 0.0726 e. The average molecular weight is 944 g/mol.